The number of ether oxygens (including phenoxy) is 2. The third-order valence-corrected chi connectivity index (χ3v) is 3.68. The molecule has 0 amide bonds. The number of nitrogens with zero attached hydrogens (tertiary/aromatic N) is 1. The fourth-order valence-electron chi connectivity index (χ4n) is 2.45. The zero-order chi connectivity index (χ0) is 15.4. The van der Waals surface area contributed by atoms with Crippen LogP contribution in [-0.2, 0) is 20.7 Å². The highest BCUT2D eigenvalue weighted by Crippen LogP contribution is 2.22. The Morgan fingerprint density at radius 2 is 2.18 bits per heavy atom. The largest absolute Gasteiger partial charge is 0.463 e. The van der Waals surface area contributed by atoms with Crippen LogP contribution < -0.4 is 0 Å². The Labute approximate surface area is 129 Å². The number of esters is 1. The molecule has 1 fully saturated rings. The van der Waals surface area contributed by atoms with E-state index in [9.17, 15) is 4.79 Å². The number of rotatable bonds is 5. The smallest absolute Gasteiger partial charge is 0.312 e. The molecule has 1 aliphatic heterocycles. The molecule has 0 N–H and O–H groups in total. The molecule has 0 aliphatic carbocycles. The maximum Gasteiger partial charge on any atom is 0.312 e. The quantitative estimate of drug-likeness (QED) is 0.795. The van der Waals surface area contributed by atoms with Gasteiger partial charge in [-0.1, -0.05) is 18.2 Å². The molecule has 2 heterocycles. The van der Waals surface area contributed by atoms with Gasteiger partial charge in [-0.15, -0.1) is 0 Å². The van der Waals surface area contributed by atoms with Crippen molar-refractivity contribution in [3.63, 3.8) is 0 Å². The SMILES string of the molecule is Cc1oc(-c2ccccc2)nc1CC(=O)OCC1CCCO1. The maximum absolute atomic E-state index is 11.9. The van der Waals surface area contributed by atoms with E-state index in [1.165, 1.54) is 0 Å². The van der Waals surface area contributed by atoms with Crippen molar-refractivity contribution in [1.29, 1.82) is 0 Å². The second-order valence-electron chi connectivity index (χ2n) is 5.38. The van der Waals surface area contributed by atoms with Gasteiger partial charge < -0.3 is 13.9 Å². The molecule has 0 spiro atoms. The molecule has 1 saturated heterocycles. The van der Waals surface area contributed by atoms with Gasteiger partial charge in [0, 0.05) is 12.2 Å². The molecular formula is C17H19NO4. The first-order chi connectivity index (χ1) is 10.7. The molecule has 2 aromatic rings. The molecule has 1 unspecified atom stereocenters. The van der Waals surface area contributed by atoms with Gasteiger partial charge in [-0.05, 0) is 31.9 Å². The van der Waals surface area contributed by atoms with E-state index in [4.69, 9.17) is 13.9 Å². The van der Waals surface area contributed by atoms with Crippen LogP contribution in [0.5, 0.6) is 0 Å². The highest BCUT2D eigenvalue weighted by molar-refractivity contribution is 5.72. The van der Waals surface area contributed by atoms with Crippen LogP contribution in [0.25, 0.3) is 11.5 Å². The van der Waals surface area contributed by atoms with Crippen molar-refractivity contribution in [1.82, 2.24) is 4.98 Å². The molecular weight excluding hydrogens is 282 g/mol. The molecule has 5 nitrogen and oxygen atoms in total. The minimum absolute atomic E-state index is 0.0437. The van der Waals surface area contributed by atoms with Gasteiger partial charge in [0.25, 0.3) is 0 Å². The lowest BCUT2D eigenvalue weighted by atomic mass is 10.2. The average molecular weight is 301 g/mol. The van der Waals surface area contributed by atoms with E-state index < -0.39 is 0 Å². The van der Waals surface area contributed by atoms with E-state index >= 15 is 0 Å². The number of carbonyl (C=O) groups excluding carboxylic acids is 1. The molecule has 1 aromatic carbocycles. The highest BCUT2D eigenvalue weighted by Gasteiger charge is 2.19. The van der Waals surface area contributed by atoms with Crippen LogP contribution in [0.15, 0.2) is 34.7 Å². The zero-order valence-corrected chi connectivity index (χ0v) is 12.6. The third kappa shape index (κ3) is 3.54. The van der Waals surface area contributed by atoms with E-state index in [-0.39, 0.29) is 18.5 Å². The van der Waals surface area contributed by atoms with Crippen LogP contribution in [0.4, 0.5) is 0 Å². The standard InChI is InChI=1S/C17H19NO4/c1-12-15(10-16(19)21-11-14-8-5-9-20-14)18-17(22-12)13-6-3-2-4-7-13/h2-4,6-7,14H,5,8-11H2,1H3. The predicted octanol–water partition coefficient (Wildman–Crippen LogP) is 2.91. The highest BCUT2D eigenvalue weighted by atomic mass is 16.6. The van der Waals surface area contributed by atoms with E-state index in [1.54, 1.807) is 0 Å². The van der Waals surface area contributed by atoms with Crippen molar-refractivity contribution in [2.24, 2.45) is 0 Å². The third-order valence-electron chi connectivity index (χ3n) is 3.68. The predicted molar refractivity (Wildman–Crippen MR) is 80.3 cm³/mol. The molecule has 22 heavy (non-hydrogen) atoms. The lowest BCUT2D eigenvalue weighted by molar-refractivity contribution is -0.146. The number of aromatic nitrogens is 1. The van der Waals surface area contributed by atoms with Crippen LogP contribution in [-0.4, -0.2) is 30.3 Å². The first-order valence-corrected chi connectivity index (χ1v) is 7.51. The minimum Gasteiger partial charge on any atom is -0.463 e. The Hall–Kier alpha value is -2.14. The van der Waals surface area contributed by atoms with Crippen LogP contribution in [0.3, 0.4) is 0 Å². The van der Waals surface area contributed by atoms with E-state index in [0.29, 0.717) is 24.0 Å². The zero-order valence-electron chi connectivity index (χ0n) is 12.6. The van der Waals surface area contributed by atoms with E-state index in [2.05, 4.69) is 4.98 Å². The van der Waals surface area contributed by atoms with E-state index in [0.717, 1.165) is 25.0 Å². The van der Waals surface area contributed by atoms with Gasteiger partial charge in [0.2, 0.25) is 5.89 Å². The first-order valence-electron chi connectivity index (χ1n) is 7.51. The van der Waals surface area contributed by atoms with Gasteiger partial charge in [0.05, 0.1) is 18.2 Å². The van der Waals surface area contributed by atoms with Crippen molar-refractivity contribution >= 4 is 5.97 Å². The lowest BCUT2D eigenvalue weighted by Gasteiger charge is -2.09. The first kappa shape index (κ1) is 14.8. The fraction of sp³-hybridized carbons (Fsp3) is 0.412. The summed E-state index contributed by atoms with van der Waals surface area (Å²) in [4.78, 5) is 16.3. The molecule has 1 aromatic heterocycles. The van der Waals surface area contributed by atoms with Crippen molar-refractivity contribution in [3.8, 4) is 11.5 Å². The Morgan fingerprint density at radius 3 is 2.91 bits per heavy atom. The van der Waals surface area contributed by atoms with Gasteiger partial charge in [0.1, 0.15) is 12.4 Å². The van der Waals surface area contributed by atoms with Gasteiger partial charge in [-0.25, -0.2) is 4.98 Å². The van der Waals surface area contributed by atoms with Crippen LogP contribution in [0.2, 0.25) is 0 Å². The number of aryl methyl sites for hydroxylation is 1. The Balaban J connectivity index is 1.60. The van der Waals surface area contributed by atoms with Gasteiger partial charge in [-0.2, -0.15) is 0 Å². The number of benzene rings is 1. The molecule has 116 valence electrons. The summed E-state index contributed by atoms with van der Waals surface area (Å²) in [5.74, 6) is 0.874. The van der Waals surface area contributed by atoms with Crippen LogP contribution in [0.1, 0.15) is 24.3 Å². The van der Waals surface area contributed by atoms with Crippen molar-refractivity contribution in [2.45, 2.75) is 32.3 Å². The maximum atomic E-state index is 11.9. The summed E-state index contributed by atoms with van der Waals surface area (Å²) in [5.41, 5.74) is 1.51. The fourth-order valence-corrected chi connectivity index (χ4v) is 2.45. The Morgan fingerprint density at radius 1 is 1.36 bits per heavy atom. The summed E-state index contributed by atoms with van der Waals surface area (Å²) in [6, 6.07) is 9.62. The molecule has 0 radical (unpaired) electrons. The second kappa shape index (κ2) is 6.75. The normalized spacial score (nSPS) is 17.6. The Bertz CT molecular complexity index is 629. The molecule has 1 aliphatic rings. The van der Waals surface area contributed by atoms with Crippen LogP contribution >= 0.6 is 0 Å². The second-order valence-corrected chi connectivity index (χ2v) is 5.38. The summed E-state index contributed by atoms with van der Waals surface area (Å²) < 4.78 is 16.3. The summed E-state index contributed by atoms with van der Waals surface area (Å²) in [6.45, 7) is 2.88. The van der Waals surface area contributed by atoms with Gasteiger partial charge in [-0.3, -0.25) is 4.79 Å². The molecule has 3 rings (SSSR count). The van der Waals surface area contributed by atoms with E-state index in [1.807, 2.05) is 37.3 Å². The molecule has 0 bridgehead atoms. The minimum atomic E-state index is -0.300. The average Bonchev–Trinajstić information content (AvgIpc) is 3.17. The molecule has 5 heteroatoms. The van der Waals surface area contributed by atoms with Gasteiger partial charge in [0.15, 0.2) is 0 Å². The van der Waals surface area contributed by atoms with Gasteiger partial charge >= 0.3 is 5.97 Å². The lowest BCUT2D eigenvalue weighted by Crippen LogP contribution is -2.19. The number of hydrogen-bond acceptors (Lipinski definition) is 5. The van der Waals surface area contributed by atoms with Crippen molar-refractivity contribution in [2.75, 3.05) is 13.2 Å². The molecule has 0 saturated carbocycles. The summed E-state index contributed by atoms with van der Waals surface area (Å²) in [7, 11) is 0. The van der Waals surface area contributed by atoms with Crippen molar-refractivity contribution in [3.05, 3.63) is 41.8 Å². The van der Waals surface area contributed by atoms with Crippen LogP contribution in [0, 0.1) is 6.92 Å². The summed E-state index contributed by atoms with van der Waals surface area (Å²) >= 11 is 0. The topological polar surface area (TPSA) is 61.6 Å². The monoisotopic (exact) mass is 301 g/mol. The number of oxazole rings is 1. The van der Waals surface area contributed by atoms with Crippen molar-refractivity contribution < 1.29 is 18.7 Å². The summed E-state index contributed by atoms with van der Waals surface area (Å²) in [5, 5.41) is 0. The summed E-state index contributed by atoms with van der Waals surface area (Å²) in [6.07, 6.45) is 2.15. The Kier molecular flexibility index (Phi) is 4.53. The molecule has 1 atom stereocenters. The number of carbonyl (C=O) groups is 1. The number of hydrogen-bond donors (Lipinski definition) is 0.